The van der Waals surface area contributed by atoms with Crippen LogP contribution in [-0.4, -0.2) is 201 Å². The predicted octanol–water partition coefficient (Wildman–Crippen LogP) is 10.6. The van der Waals surface area contributed by atoms with Crippen LogP contribution in [0.15, 0.2) is 96.0 Å². The number of hydrogen-bond donors (Lipinski definition) is 4. The van der Waals surface area contributed by atoms with Crippen molar-refractivity contribution in [3.05, 3.63) is 152 Å². The number of likely N-dealkylation sites (tertiary alicyclic amines) is 3. The number of alkyl halides is 1. The Balaban J connectivity index is 0.000000138. The fourth-order valence-electron chi connectivity index (χ4n) is 16.4. The molecule has 4 spiro atoms. The number of benzene rings is 5. The Morgan fingerprint density at radius 2 is 0.961 bits per heavy atom. The van der Waals surface area contributed by atoms with E-state index in [2.05, 4.69) is 82.9 Å². The maximum atomic E-state index is 11.6. The van der Waals surface area contributed by atoms with Gasteiger partial charge in [0, 0.05) is 111 Å². The van der Waals surface area contributed by atoms with E-state index in [1.54, 1.807) is 26.0 Å². The number of aliphatic imine (C=N–C) groups is 1. The second-order valence-corrected chi connectivity index (χ2v) is 30.2. The third-order valence-corrected chi connectivity index (χ3v) is 21.7. The van der Waals surface area contributed by atoms with Crippen molar-refractivity contribution in [3.8, 4) is 23.0 Å². The second-order valence-electron chi connectivity index (χ2n) is 29.3. The summed E-state index contributed by atoms with van der Waals surface area (Å²) < 4.78 is 30.9. The van der Waals surface area contributed by atoms with Gasteiger partial charge in [0.15, 0.2) is 6.61 Å². The quantitative estimate of drug-likeness (QED) is 0.0362. The molecule has 6 aliphatic heterocycles. The number of hydrogen-bond acceptors (Lipinski definition) is 19. The van der Waals surface area contributed by atoms with Gasteiger partial charge < -0.3 is 54.0 Å². The lowest BCUT2D eigenvalue weighted by atomic mass is 9.77. The molecule has 15 rings (SSSR count). The average Bonchev–Trinajstić information content (AvgIpc) is 1.61. The Hall–Kier alpha value is -7.27. The number of rotatable bonds is 18. The maximum Gasteiger partial charge on any atom is 0.344 e. The van der Waals surface area contributed by atoms with E-state index in [9.17, 15) is 34.2 Å². The van der Waals surface area contributed by atoms with Crippen molar-refractivity contribution < 1.29 is 67.7 Å². The molecule has 0 saturated carbocycles. The van der Waals surface area contributed by atoms with Crippen LogP contribution < -0.4 is 14.8 Å². The van der Waals surface area contributed by atoms with Crippen LogP contribution in [0.25, 0.3) is 0 Å². The lowest BCUT2D eigenvalue weighted by molar-refractivity contribution is -0.148. The fraction of sp³-hybridized carbons (Fsp3) is 0.550. The minimum absolute atomic E-state index is 0.0644. The molecule has 4 aliphatic carbocycles. The third kappa shape index (κ3) is 21.0. The summed E-state index contributed by atoms with van der Waals surface area (Å²) in [5.74, 6) is 2.12. The number of carboxylic acids is 1. The second kappa shape index (κ2) is 36.0. The molecule has 552 valence electrons. The summed E-state index contributed by atoms with van der Waals surface area (Å²) in [7, 11) is 0. The number of nitrogens with zero attached hydrogens (tertiary/aromatic N) is 5. The summed E-state index contributed by atoms with van der Waals surface area (Å²) in [6.45, 7) is 23.7. The van der Waals surface area contributed by atoms with Crippen molar-refractivity contribution in [2.24, 2.45) is 26.7 Å². The molecule has 0 radical (unpaired) electrons. The fourth-order valence-corrected chi connectivity index (χ4v) is 16.8. The number of aliphatic carboxylic acids is 1. The molecule has 102 heavy (non-hydrogen) atoms. The van der Waals surface area contributed by atoms with Crippen molar-refractivity contribution in [2.45, 2.75) is 131 Å². The summed E-state index contributed by atoms with van der Waals surface area (Å²) >= 11 is 9.30. The van der Waals surface area contributed by atoms with Crippen LogP contribution in [0.3, 0.4) is 0 Å². The standard InChI is InChI=1S/C22H24ClNO3.C19H25NO5.C15H19NO3.C11H13NO.C9H16N2.C4H7BrO2/c1-2-15-3-4-17(20(23)7-15)12-27-19-6-5-16-9-22(10-18(16)8-19)13-24(14-22)11-21(25)26;1-3-23-17(21)10-20-12-19(13-20)8-14-5-6-16(7-15(14)9-19)25-11-18(22)24-4-2;1-2-19-14(18)8-16-9-15(10-16)6-11-3-4-13(17)5-12(11)7-15;13-10-2-1-8-4-11(6-12-7-11)5-9(8)3-10;1-2-5-9-10-6-4-8-11(9)7-3-1;1-2-7-4(6)3-5/h3-8H,2,9-14H2,1H3,(H,25,26);5-7H,3-4,8-13H2,1-2H3;3-5,17H,2,6-10H2,1H3;1-3,12-13H,4-7H2;1-8H2;2-3H2,1H3. The number of halogens is 2. The number of carboxylic acid groups (broad SMARTS) is 1. The molecule has 0 amide bonds. The summed E-state index contributed by atoms with van der Waals surface area (Å²) in [6, 6.07) is 29.9. The molecule has 5 aromatic rings. The first-order valence-electron chi connectivity index (χ1n) is 36.6. The summed E-state index contributed by atoms with van der Waals surface area (Å²) in [5, 5.41) is 32.2. The first kappa shape index (κ1) is 77.3. The highest BCUT2D eigenvalue weighted by molar-refractivity contribution is 9.09. The van der Waals surface area contributed by atoms with Gasteiger partial charge in [-0.05, 0) is 209 Å². The zero-order chi connectivity index (χ0) is 72.4. The number of carbonyl (C=O) groups is 5. The summed E-state index contributed by atoms with van der Waals surface area (Å²) in [4.78, 5) is 68.7. The molecule has 5 saturated heterocycles. The molecular formula is C80H104BrClN6O14. The molecule has 0 atom stereocenters. The Morgan fingerprint density at radius 1 is 0.510 bits per heavy atom. The zero-order valence-corrected chi connectivity index (χ0v) is 62.6. The van der Waals surface area contributed by atoms with Gasteiger partial charge >= 0.3 is 29.8 Å². The number of aromatic hydroxyl groups is 2. The number of fused-ring (bicyclic) bond motifs is 5. The van der Waals surface area contributed by atoms with Crippen molar-refractivity contribution in [3.63, 3.8) is 0 Å². The van der Waals surface area contributed by atoms with Gasteiger partial charge in [-0.25, -0.2) is 4.79 Å². The molecule has 0 aromatic heterocycles. The van der Waals surface area contributed by atoms with Crippen LogP contribution >= 0.6 is 27.5 Å². The molecular weight excluding hydrogens is 1380 g/mol. The van der Waals surface area contributed by atoms with E-state index >= 15 is 0 Å². The molecule has 6 heterocycles. The Kier molecular flexibility index (Phi) is 27.3. The molecule has 4 N–H and O–H groups in total. The number of amidine groups is 1. The summed E-state index contributed by atoms with van der Waals surface area (Å²) in [5.41, 5.74) is 14.1. The van der Waals surface area contributed by atoms with Crippen molar-refractivity contribution in [1.29, 1.82) is 0 Å². The van der Waals surface area contributed by atoms with E-state index < -0.39 is 5.97 Å². The van der Waals surface area contributed by atoms with E-state index in [1.165, 1.54) is 108 Å². The predicted molar refractivity (Wildman–Crippen MR) is 396 cm³/mol. The lowest BCUT2D eigenvalue weighted by Crippen LogP contribution is -2.58. The number of phenolic OH excluding ortho intramolecular Hbond substituents is 2. The molecule has 0 unspecified atom stereocenters. The van der Waals surface area contributed by atoms with Crippen LogP contribution in [0.1, 0.15) is 122 Å². The van der Waals surface area contributed by atoms with Gasteiger partial charge in [-0.1, -0.05) is 77.3 Å². The minimum Gasteiger partial charge on any atom is -0.508 e. The molecule has 22 heteroatoms. The van der Waals surface area contributed by atoms with Crippen LogP contribution in [0.5, 0.6) is 23.0 Å². The largest absolute Gasteiger partial charge is 0.508 e. The molecule has 20 nitrogen and oxygen atoms in total. The topological polar surface area (TPSA) is 239 Å². The van der Waals surface area contributed by atoms with Gasteiger partial charge in [0.25, 0.3) is 0 Å². The van der Waals surface area contributed by atoms with E-state index in [1.807, 2.05) is 67.3 Å². The monoisotopic (exact) mass is 1490 g/mol. The van der Waals surface area contributed by atoms with Crippen LogP contribution in [0.4, 0.5) is 0 Å². The van der Waals surface area contributed by atoms with Gasteiger partial charge in [0.2, 0.25) is 0 Å². The Labute approximate surface area is 614 Å². The number of ether oxygens (including phenoxy) is 6. The van der Waals surface area contributed by atoms with Crippen molar-refractivity contribution in [2.75, 3.05) is 130 Å². The number of nitrogens with one attached hydrogen (secondary N) is 1. The minimum atomic E-state index is -0.748. The smallest absolute Gasteiger partial charge is 0.344 e. The highest BCUT2D eigenvalue weighted by atomic mass is 79.9. The molecule has 10 aliphatic rings. The number of carbonyl (C=O) groups excluding carboxylic acids is 4. The first-order valence-corrected chi connectivity index (χ1v) is 38.1. The van der Waals surface area contributed by atoms with Gasteiger partial charge in [0.1, 0.15) is 34.9 Å². The normalized spacial score (nSPS) is 18.9. The van der Waals surface area contributed by atoms with Gasteiger partial charge in [-0.3, -0.25) is 38.9 Å². The first-order chi connectivity index (χ1) is 49.1. The lowest BCUT2D eigenvalue weighted by Gasteiger charge is -2.47. The summed E-state index contributed by atoms with van der Waals surface area (Å²) in [6.07, 6.45) is 16.0. The molecule has 0 bridgehead atoms. The highest BCUT2D eigenvalue weighted by Crippen LogP contribution is 2.48. The number of esters is 4. The van der Waals surface area contributed by atoms with Crippen molar-refractivity contribution >= 4 is 63.2 Å². The van der Waals surface area contributed by atoms with Crippen LogP contribution in [-0.2, 0) is 107 Å². The van der Waals surface area contributed by atoms with Crippen LogP contribution in [0, 0.1) is 21.7 Å². The van der Waals surface area contributed by atoms with Gasteiger partial charge in [-0.15, -0.1) is 0 Å². The van der Waals surface area contributed by atoms with Crippen molar-refractivity contribution in [1.82, 2.24) is 24.9 Å². The molecule has 5 fully saturated rings. The highest BCUT2D eigenvalue weighted by Gasteiger charge is 2.50. The van der Waals surface area contributed by atoms with E-state index in [-0.39, 0.29) is 53.3 Å². The maximum absolute atomic E-state index is 11.6. The van der Waals surface area contributed by atoms with Gasteiger partial charge in [-0.2, -0.15) is 0 Å². The Morgan fingerprint density at radius 3 is 1.43 bits per heavy atom. The average molecular weight is 1490 g/mol. The van der Waals surface area contributed by atoms with Gasteiger partial charge in [0.05, 0.1) is 51.9 Å². The third-order valence-electron chi connectivity index (χ3n) is 20.9. The molecule has 5 aromatic carbocycles. The number of aryl methyl sites for hydroxylation is 1. The van der Waals surface area contributed by atoms with E-state index in [4.69, 9.17) is 40.4 Å². The number of phenols is 2. The zero-order valence-electron chi connectivity index (χ0n) is 60.2. The Bertz CT molecular complexity index is 3750. The van der Waals surface area contributed by atoms with E-state index in [0.29, 0.717) is 74.1 Å². The SMILES string of the molecule is C1CCC2=NCCCN2CC1.CCOC(=O)CBr.CCOC(=O)CN1CC2(Cc3ccc(O)cc3C2)C1.CCOC(=O)COc1ccc2c(c1)CC1(C2)CN(CC(=O)OCC)C1.CCc1ccc(COc2ccc3c(c2)CC2(C3)CN(CC(=O)O)C2)c(Cl)c1.Oc1ccc2c(c1)CC1(CNC1)C2. The van der Waals surface area contributed by atoms with Crippen LogP contribution in [0.2, 0.25) is 5.02 Å². The van der Waals surface area contributed by atoms with E-state index in [0.717, 1.165) is 127 Å².